The van der Waals surface area contributed by atoms with Gasteiger partial charge in [0.05, 0.1) is 11.9 Å². The standard InChI is InChI=1S/C21H25N5O3S/c1-16-7-3-4-8-18(16)26(30(2,28)29)15-20(27)24-13-10-17(11-14-24)21-23-22-19-9-5-6-12-25(19)21/h3-9,12,17H,10-11,13-15H2,1-2H3. The average Bonchev–Trinajstić information content (AvgIpc) is 3.16. The molecule has 1 aliphatic heterocycles. The quantitative estimate of drug-likeness (QED) is 0.623. The summed E-state index contributed by atoms with van der Waals surface area (Å²) in [5.74, 6) is 0.942. The number of aromatic nitrogens is 3. The maximum absolute atomic E-state index is 12.9. The normalized spacial score (nSPS) is 15.5. The molecule has 1 saturated heterocycles. The molecule has 4 rings (SSSR count). The van der Waals surface area contributed by atoms with Gasteiger partial charge in [-0.05, 0) is 43.5 Å². The number of amides is 1. The second-order valence-corrected chi connectivity index (χ2v) is 9.61. The lowest BCUT2D eigenvalue weighted by Gasteiger charge is -2.33. The fourth-order valence-corrected chi connectivity index (χ4v) is 4.88. The summed E-state index contributed by atoms with van der Waals surface area (Å²) in [6, 6.07) is 13.0. The third-order valence-corrected chi connectivity index (χ3v) is 6.74. The molecule has 158 valence electrons. The minimum absolute atomic E-state index is 0.187. The molecule has 9 heteroatoms. The minimum Gasteiger partial charge on any atom is -0.341 e. The second-order valence-electron chi connectivity index (χ2n) is 7.70. The van der Waals surface area contributed by atoms with Gasteiger partial charge in [-0.15, -0.1) is 10.2 Å². The van der Waals surface area contributed by atoms with Crippen LogP contribution in [0, 0.1) is 6.92 Å². The first kappa shape index (κ1) is 20.3. The molecular weight excluding hydrogens is 402 g/mol. The predicted molar refractivity (Wildman–Crippen MR) is 115 cm³/mol. The molecule has 0 unspecified atom stereocenters. The van der Waals surface area contributed by atoms with Crippen molar-refractivity contribution in [1.82, 2.24) is 19.5 Å². The average molecular weight is 428 g/mol. The summed E-state index contributed by atoms with van der Waals surface area (Å²) in [7, 11) is -3.58. The Kier molecular flexibility index (Phi) is 5.46. The highest BCUT2D eigenvalue weighted by Crippen LogP contribution is 2.28. The van der Waals surface area contributed by atoms with Gasteiger partial charge in [0.25, 0.3) is 0 Å². The van der Waals surface area contributed by atoms with Crippen molar-refractivity contribution in [1.29, 1.82) is 0 Å². The maximum atomic E-state index is 12.9. The summed E-state index contributed by atoms with van der Waals surface area (Å²) in [5.41, 5.74) is 2.17. The number of carbonyl (C=O) groups excluding carboxylic acids is 1. The number of sulfonamides is 1. The number of nitrogens with zero attached hydrogens (tertiary/aromatic N) is 5. The van der Waals surface area contributed by atoms with Crippen LogP contribution in [0.4, 0.5) is 5.69 Å². The van der Waals surface area contributed by atoms with E-state index in [1.54, 1.807) is 17.0 Å². The Hall–Kier alpha value is -2.94. The van der Waals surface area contributed by atoms with Gasteiger partial charge >= 0.3 is 0 Å². The van der Waals surface area contributed by atoms with Crippen molar-refractivity contribution in [2.24, 2.45) is 0 Å². The van der Waals surface area contributed by atoms with E-state index in [-0.39, 0.29) is 18.4 Å². The van der Waals surface area contributed by atoms with Gasteiger partial charge < -0.3 is 4.90 Å². The largest absolute Gasteiger partial charge is 0.341 e. The Bertz CT molecular complexity index is 1170. The summed E-state index contributed by atoms with van der Waals surface area (Å²) < 4.78 is 27.9. The van der Waals surface area contributed by atoms with Gasteiger partial charge in [-0.25, -0.2) is 8.42 Å². The highest BCUT2D eigenvalue weighted by molar-refractivity contribution is 7.92. The third kappa shape index (κ3) is 4.02. The van der Waals surface area contributed by atoms with Crippen molar-refractivity contribution in [3.63, 3.8) is 0 Å². The molecule has 3 heterocycles. The number of hydrogen-bond acceptors (Lipinski definition) is 5. The van der Waals surface area contributed by atoms with Crippen LogP contribution in [0.5, 0.6) is 0 Å². The number of anilines is 1. The second kappa shape index (κ2) is 8.06. The molecule has 1 aromatic carbocycles. The van der Waals surface area contributed by atoms with Gasteiger partial charge in [-0.3, -0.25) is 13.5 Å². The maximum Gasteiger partial charge on any atom is 0.243 e. The van der Waals surface area contributed by atoms with Gasteiger partial charge in [-0.1, -0.05) is 24.3 Å². The summed E-state index contributed by atoms with van der Waals surface area (Å²) >= 11 is 0. The fraction of sp³-hybridized carbons (Fsp3) is 0.381. The topological polar surface area (TPSA) is 87.9 Å². The summed E-state index contributed by atoms with van der Waals surface area (Å²) in [6.07, 6.45) is 4.62. The predicted octanol–water partition coefficient (Wildman–Crippen LogP) is 2.21. The molecule has 1 amide bonds. The Morgan fingerprint density at radius 2 is 1.80 bits per heavy atom. The van der Waals surface area contributed by atoms with E-state index in [9.17, 15) is 13.2 Å². The molecular formula is C21H25N5O3S. The van der Waals surface area contributed by atoms with Crippen molar-refractivity contribution in [2.75, 3.05) is 30.2 Å². The zero-order chi connectivity index (χ0) is 21.3. The molecule has 2 aromatic heterocycles. The Labute approximate surface area is 176 Å². The number of para-hydroxylation sites is 1. The molecule has 0 saturated carbocycles. The van der Waals surface area contributed by atoms with Crippen molar-refractivity contribution in [3.05, 3.63) is 60.0 Å². The molecule has 1 aliphatic rings. The number of aryl methyl sites for hydroxylation is 1. The van der Waals surface area contributed by atoms with E-state index in [1.807, 2.05) is 47.9 Å². The SMILES string of the molecule is Cc1ccccc1N(CC(=O)N1CCC(c2nnc3ccccn23)CC1)S(C)(=O)=O. The summed E-state index contributed by atoms with van der Waals surface area (Å²) in [4.78, 5) is 14.7. The fourth-order valence-electron chi connectivity index (χ4n) is 3.97. The molecule has 0 aliphatic carbocycles. The van der Waals surface area contributed by atoms with Crippen molar-refractivity contribution in [2.45, 2.75) is 25.7 Å². The minimum atomic E-state index is -3.58. The Balaban J connectivity index is 1.45. The van der Waals surface area contributed by atoms with Crippen LogP contribution in [0.25, 0.3) is 5.65 Å². The molecule has 30 heavy (non-hydrogen) atoms. The molecule has 0 bridgehead atoms. The third-order valence-electron chi connectivity index (χ3n) is 5.62. The van der Waals surface area contributed by atoms with E-state index in [0.717, 1.165) is 36.1 Å². The van der Waals surface area contributed by atoms with E-state index < -0.39 is 10.0 Å². The van der Waals surface area contributed by atoms with Gasteiger partial charge in [0.2, 0.25) is 15.9 Å². The summed E-state index contributed by atoms with van der Waals surface area (Å²) in [5, 5.41) is 8.56. The number of rotatable bonds is 5. The summed E-state index contributed by atoms with van der Waals surface area (Å²) in [6.45, 7) is 2.78. The van der Waals surface area contributed by atoms with E-state index in [2.05, 4.69) is 10.2 Å². The Morgan fingerprint density at radius 3 is 2.50 bits per heavy atom. The number of fused-ring (bicyclic) bond motifs is 1. The van der Waals surface area contributed by atoms with Gasteiger partial charge in [0, 0.05) is 25.2 Å². The molecule has 0 spiro atoms. The van der Waals surface area contributed by atoms with Crippen LogP contribution in [0.1, 0.15) is 30.1 Å². The number of likely N-dealkylation sites (tertiary alicyclic amines) is 1. The van der Waals surface area contributed by atoms with Gasteiger partial charge in [0.1, 0.15) is 12.4 Å². The van der Waals surface area contributed by atoms with Crippen LogP contribution in [-0.4, -0.2) is 59.7 Å². The number of carbonyl (C=O) groups is 1. The smallest absolute Gasteiger partial charge is 0.243 e. The van der Waals surface area contributed by atoms with Crippen molar-refractivity contribution in [3.8, 4) is 0 Å². The first-order chi connectivity index (χ1) is 14.3. The van der Waals surface area contributed by atoms with E-state index in [1.165, 1.54) is 4.31 Å². The van der Waals surface area contributed by atoms with E-state index in [0.29, 0.717) is 18.8 Å². The van der Waals surface area contributed by atoms with Crippen LogP contribution in [0.3, 0.4) is 0 Å². The zero-order valence-corrected chi connectivity index (χ0v) is 17.9. The van der Waals surface area contributed by atoms with E-state index >= 15 is 0 Å². The highest BCUT2D eigenvalue weighted by atomic mass is 32.2. The monoisotopic (exact) mass is 427 g/mol. The first-order valence-electron chi connectivity index (χ1n) is 9.95. The van der Waals surface area contributed by atoms with Crippen LogP contribution >= 0.6 is 0 Å². The van der Waals surface area contributed by atoms with Crippen molar-refractivity contribution < 1.29 is 13.2 Å². The van der Waals surface area contributed by atoms with Crippen molar-refractivity contribution >= 4 is 27.3 Å². The van der Waals surface area contributed by atoms with Crippen LogP contribution in [0.2, 0.25) is 0 Å². The lowest BCUT2D eigenvalue weighted by molar-refractivity contribution is -0.130. The molecule has 0 atom stereocenters. The highest BCUT2D eigenvalue weighted by Gasteiger charge is 2.29. The van der Waals surface area contributed by atoms with E-state index in [4.69, 9.17) is 0 Å². The first-order valence-corrected chi connectivity index (χ1v) is 11.8. The molecule has 3 aromatic rings. The number of piperidine rings is 1. The molecule has 0 N–H and O–H groups in total. The number of pyridine rings is 1. The number of benzene rings is 1. The van der Waals surface area contributed by atoms with Crippen LogP contribution in [0.15, 0.2) is 48.7 Å². The number of hydrogen-bond donors (Lipinski definition) is 0. The Morgan fingerprint density at radius 1 is 1.10 bits per heavy atom. The molecule has 8 nitrogen and oxygen atoms in total. The lowest BCUT2D eigenvalue weighted by atomic mass is 9.96. The lowest BCUT2D eigenvalue weighted by Crippen LogP contribution is -2.45. The van der Waals surface area contributed by atoms with Crippen LogP contribution < -0.4 is 4.31 Å². The molecule has 0 radical (unpaired) electrons. The van der Waals surface area contributed by atoms with Gasteiger partial charge in [-0.2, -0.15) is 0 Å². The molecule has 1 fully saturated rings. The zero-order valence-electron chi connectivity index (χ0n) is 17.1. The van der Waals surface area contributed by atoms with Gasteiger partial charge in [0.15, 0.2) is 5.65 Å². The van der Waals surface area contributed by atoms with Crippen LogP contribution in [-0.2, 0) is 14.8 Å².